The van der Waals surface area contributed by atoms with Gasteiger partial charge in [0.2, 0.25) is 5.91 Å². The van der Waals surface area contributed by atoms with Gasteiger partial charge in [0.05, 0.1) is 23.5 Å². The van der Waals surface area contributed by atoms with Gasteiger partial charge in [0.1, 0.15) is 5.82 Å². The van der Waals surface area contributed by atoms with E-state index in [0.29, 0.717) is 6.54 Å². The van der Waals surface area contributed by atoms with Gasteiger partial charge in [-0.3, -0.25) is 14.4 Å². The summed E-state index contributed by atoms with van der Waals surface area (Å²) in [7, 11) is 3.86. The number of nitrogens with one attached hydrogen (secondary N) is 3. The van der Waals surface area contributed by atoms with Crippen molar-refractivity contribution in [2.75, 3.05) is 43.9 Å². The number of aromatic nitrogens is 3. The first kappa shape index (κ1) is 26.7. The van der Waals surface area contributed by atoms with Gasteiger partial charge in [-0.15, -0.1) is 0 Å². The molecule has 0 aromatic carbocycles. The van der Waals surface area contributed by atoms with Crippen LogP contribution in [0, 0.1) is 24.7 Å². The summed E-state index contributed by atoms with van der Waals surface area (Å²) in [5.41, 5.74) is 6.96. The number of likely N-dealkylation sites (N-methyl/N-ethyl adjacent to an activating group) is 1. The molecule has 0 atom stereocenters. The average molecular weight is 521 g/mol. The molecule has 9 heteroatoms. The maximum atomic E-state index is 12.6. The molecule has 4 aliphatic rings. The summed E-state index contributed by atoms with van der Waals surface area (Å²) in [6.07, 6.45) is 9.05. The number of hydrogen-bond acceptors (Lipinski definition) is 7. The van der Waals surface area contributed by atoms with E-state index in [0.717, 1.165) is 99.6 Å². The minimum atomic E-state index is -0.00514. The number of carbonyl (C=O) groups is 1. The molecule has 0 saturated heterocycles. The molecule has 3 fully saturated rings. The quantitative estimate of drug-likeness (QED) is 0.436. The Morgan fingerprint density at radius 3 is 2.55 bits per heavy atom. The van der Waals surface area contributed by atoms with Gasteiger partial charge < -0.3 is 20.9 Å². The van der Waals surface area contributed by atoms with Crippen LogP contribution in [-0.4, -0.2) is 71.1 Å². The second-order valence-electron chi connectivity index (χ2n) is 11.9. The second-order valence-corrected chi connectivity index (χ2v) is 11.9. The van der Waals surface area contributed by atoms with Crippen LogP contribution >= 0.6 is 0 Å². The first-order valence-corrected chi connectivity index (χ1v) is 14.2. The first-order valence-electron chi connectivity index (χ1n) is 14.2. The fourth-order valence-corrected chi connectivity index (χ4v) is 6.96. The molecule has 206 valence electrons. The minimum absolute atomic E-state index is 0.00514. The Labute approximate surface area is 226 Å². The molecular formula is C29H44N8O. The molecule has 6 rings (SSSR count). The molecule has 9 nitrogen and oxygen atoms in total. The van der Waals surface area contributed by atoms with Gasteiger partial charge in [-0.25, -0.2) is 4.98 Å². The highest BCUT2D eigenvalue weighted by Crippen LogP contribution is 2.53. The number of amides is 1. The summed E-state index contributed by atoms with van der Waals surface area (Å²) in [5, 5.41) is 19.7. The molecule has 0 spiro atoms. The van der Waals surface area contributed by atoms with Gasteiger partial charge in [-0.1, -0.05) is 6.92 Å². The van der Waals surface area contributed by atoms with Gasteiger partial charge in [0.15, 0.2) is 0 Å². The predicted octanol–water partition coefficient (Wildman–Crippen LogP) is 3.66. The molecule has 2 bridgehead atoms. The monoisotopic (exact) mass is 520 g/mol. The highest BCUT2D eigenvalue weighted by Gasteiger charge is 2.49. The predicted molar refractivity (Wildman–Crippen MR) is 152 cm³/mol. The van der Waals surface area contributed by atoms with Crippen molar-refractivity contribution in [3.05, 3.63) is 34.3 Å². The van der Waals surface area contributed by atoms with Crippen molar-refractivity contribution in [2.24, 2.45) is 5.41 Å². The minimum Gasteiger partial charge on any atom is -0.373 e. The number of rotatable bonds is 9. The number of aryl methyl sites for hydroxylation is 2. The lowest BCUT2D eigenvalue weighted by Crippen LogP contribution is -2.58. The van der Waals surface area contributed by atoms with E-state index in [1.807, 2.05) is 21.0 Å². The van der Waals surface area contributed by atoms with Crippen LogP contribution in [0.25, 0.3) is 0 Å². The Bertz CT molecular complexity index is 1190. The number of anilines is 2. The topological polar surface area (TPSA) is 102 Å². The third kappa shape index (κ3) is 4.93. The van der Waals surface area contributed by atoms with E-state index >= 15 is 0 Å². The lowest BCUT2D eigenvalue weighted by molar-refractivity contribution is -0.126. The molecule has 3 N–H and O–H groups in total. The summed E-state index contributed by atoms with van der Waals surface area (Å²) in [4.78, 5) is 21.6. The molecule has 3 heterocycles. The van der Waals surface area contributed by atoms with Crippen molar-refractivity contribution in [3.63, 3.8) is 0 Å². The molecule has 1 aliphatic heterocycles. The Morgan fingerprint density at radius 2 is 1.92 bits per heavy atom. The van der Waals surface area contributed by atoms with Crippen LogP contribution in [0.2, 0.25) is 0 Å². The van der Waals surface area contributed by atoms with E-state index in [4.69, 9.17) is 10.5 Å². The Morgan fingerprint density at radius 1 is 1.21 bits per heavy atom. The standard InChI is InChI=1S/C29H44N8O/c1-6-35(5)18-26(38)33-29-11-8-28(9-12-29,10-13-29)19-37-24-7-14-36(17-23(24)21(3)34-37)25-15-20(2)32-27(31-4)22(25)16-30/h15-16,30H,6-14,17-19H2,1-5H3,(H,31,32)(H,33,38). The van der Waals surface area contributed by atoms with Crippen molar-refractivity contribution >= 4 is 23.6 Å². The Hall–Kier alpha value is -2.94. The molecule has 0 radical (unpaired) electrons. The number of hydrogen-bond donors (Lipinski definition) is 3. The molecular weight excluding hydrogens is 476 g/mol. The highest BCUT2D eigenvalue weighted by molar-refractivity contribution is 5.92. The fraction of sp³-hybridized carbons (Fsp3) is 0.655. The summed E-state index contributed by atoms with van der Waals surface area (Å²) >= 11 is 0. The summed E-state index contributed by atoms with van der Waals surface area (Å²) in [6.45, 7) is 10.3. The second kappa shape index (κ2) is 10.3. The summed E-state index contributed by atoms with van der Waals surface area (Å²) in [5.74, 6) is 0.925. The number of carbonyl (C=O) groups excluding carboxylic acids is 1. The highest BCUT2D eigenvalue weighted by atomic mass is 16.2. The van der Waals surface area contributed by atoms with Crippen LogP contribution in [0.15, 0.2) is 6.07 Å². The van der Waals surface area contributed by atoms with Gasteiger partial charge in [0.25, 0.3) is 0 Å². The molecule has 1 amide bonds. The number of pyridine rings is 1. The van der Waals surface area contributed by atoms with Gasteiger partial charge in [-0.2, -0.15) is 5.10 Å². The maximum Gasteiger partial charge on any atom is 0.234 e. The molecule has 3 aliphatic carbocycles. The van der Waals surface area contributed by atoms with Crippen LogP contribution in [0.4, 0.5) is 11.5 Å². The van der Waals surface area contributed by atoms with Crippen molar-refractivity contribution in [2.45, 2.75) is 84.3 Å². The summed E-state index contributed by atoms with van der Waals surface area (Å²) in [6, 6.07) is 2.10. The zero-order chi connectivity index (χ0) is 27.1. The molecule has 2 aromatic heterocycles. The van der Waals surface area contributed by atoms with Crippen LogP contribution in [-0.2, 0) is 24.3 Å². The van der Waals surface area contributed by atoms with Gasteiger partial charge >= 0.3 is 0 Å². The summed E-state index contributed by atoms with van der Waals surface area (Å²) < 4.78 is 2.32. The number of nitrogens with zero attached hydrogens (tertiary/aromatic N) is 5. The molecule has 3 saturated carbocycles. The third-order valence-electron chi connectivity index (χ3n) is 9.47. The lowest BCUT2D eigenvalue weighted by atomic mass is 9.57. The maximum absolute atomic E-state index is 12.6. The van der Waals surface area contributed by atoms with Gasteiger partial charge in [-0.05, 0) is 77.4 Å². The van der Waals surface area contributed by atoms with Crippen molar-refractivity contribution in [1.29, 1.82) is 5.41 Å². The van der Waals surface area contributed by atoms with E-state index in [2.05, 4.69) is 50.0 Å². The van der Waals surface area contributed by atoms with Crippen molar-refractivity contribution in [1.82, 2.24) is 25.0 Å². The molecule has 2 aromatic rings. The van der Waals surface area contributed by atoms with Gasteiger partial charge in [0, 0.05) is 61.8 Å². The normalized spacial score (nSPS) is 24.4. The Balaban J connectivity index is 1.29. The average Bonchev–Trinajstić information content (AvgIpc) is 3.22. The van der Waals surface area contributed by atoms with E-state index in [9.17, 15) is 4.79 Å². The Kier molecular flexibility index (Phi) is 7.24. The van der Waals surface area contributed by atoms with E-state index in [1.165, 1.54) is 17.5 Å². The lowest BCUT2D eigenvalue weighted by Gasteiger charge is -2.54. The van der Waals surface area contributed by atoms with Crippen molar-refractivity contribution in [3.8, 4) is 0 Å². The van der Waals surface area contributed by atoms with E-state index in [-0.39, 0.29) is 16.9 Å². The van der Waals surface area contributed by atoms with E-state index < -0.39 is 0 Å². The first-order chi connectivity index (χ1) is 18.2. The SMILES string of the molecule is CCN(C)CC(=O)NC12CCC(Cn3nc(C)c4c3CCN(c3cc(C)nc(NC)c3C=N)C4)(CC1)CC2. The molecule has 38 heavy (non-hydrogen) atoms. The third-order valence-corrected chi connectivity index (χ3v) is 9.47. The zero-order valence-corrected chi connectivity index (χ0v) is 23.8. The van der Waals surface area contributed by atoms with Crippen LogP contribution in [0.5, 0.6) is 0 Å². The number of fused-ring (bicyclic) bond motifs is 4. The van der Waals surface area contributed by atoms with Crippen LogP contribution in [0.1, 0.15) is 73.7 Å². The van der Waals surface area contributed by atoms with Crippen LogP contribution in [0.3, 0.4) is 0 Å². The van der Waals surface area contributed by atoms with Crippen LogP contribution < -0.4 is 15.5 Å². The molecule has 0 unspecified atom stereocenters. The smallest absolute Gasteiger partial charge is 0.234 e. The van der Waals surface area contributed by atoms with Crippen molar-refractivity contribution < 1.29 is 4.79 Å². The zero-order valence-electron chi connectivity index (χ0n) is 23.8. The van der Waals surface area contributed by atoms with E-state index in [1.54, 1.807) is 0 Å². The largest absolute Gasteiger partial charge is 0.373 e. The fourth-order valence-electron chi connectivity index (χ4n) is 6.96.